The van der Waals surface area contributed by atoms with Gasteiger partial charge in [0.1, 0.15) is 12.6 Å². The molecular formula is C5H12N4O4. The minimum atomic E-state index is -0.833. The molecule has 0 spiro atoms. The maximum atomic E-state index is 9.17. The summed E-state index contributed by atoms with van der Waals surface area (Å²) in [6.45, 7) is 0. The number of carbonyl (C=O) groups is 4. The van der Waals surface area contributed by atoms with Gasteiger partial charge < -0.3 is 32.5 Å². The van der Waals surface area contributed by atoms with Crippen LogP contribution in [-0.2, 0) is 9.59 Å². The molecule has 0 heterocycles. The summed E-state index contributed by atoms with van der Waals surface area (Å²) in [5.41, 5.74) is 17.0. The number of urea groups is 2. The summed E-state index contributed by atoms with van der Waals surface area (Å²) < 4.78 is 0. The van der Waals surface area contributed by atoms with Crippen LogP contribution in [0.2, 0.25) is 0 Å². The zero-order valence-electron chi connectivity index (χ0n) is 6.80. The Labute approximate surface area is 74.2 Å². The maximum absolute atomic E-state index is 9.17. The van der Waals surface area contributed by atoms with Crippen LogP contribution in [0.4, 0.5) is 9.59 Å². The minimum absolute atomic E-state index is 0.0278. The number of amides is 4. The normalized spacial score (nSPS) is 6.15. The number of hydrogen-bond donors (Lipinski definition) is 4. The Hall–Kier alpha value is -2.12. The first kappa shape index (κ1) is 17.1. The molecule has 0 saturated carbocycles. The Bertz CT molecular complexity index is 144. The van der Waals surface area contributed by atoms with Gasteiger partial charge in [-0.3, -0.25) is 0 Å². The average Bonchev–Trinajstić information content (AvgIpc) is 1.86. The maximum Gasteiger partial charge on any atom is 0.309 e. The number of carbonyl (C=O) groups excluding carboxylic acids is 4. The van der Waals surface area contributed by atoms with Crippen molar-refractivity contribution in [1.29, 1.82) is 0 Å². The van der Waals surface area contributed by atoms with Crippen molar-refractivity contribution in [3.05, 3.63) is 0 Å². The third kappa shape index (κ3) is 42600. The highest BCUT2D eigenvalue weighted by Crippen LogP contribution is 1.50. The lowest BCUT2D eigenvalue weighted by molar-refractivity contribution is -0.114. The number of aldehydes is 2. The third-order valence-electron chi connectivity index (χ3n) is 0.192. The van der Waals surface area contributed by atoms with Crippen LogP contribution < -0.4 is 22.9 Å². The van der Waals surface area contributed by atoms with E-state index in [4.69, 9.17) is 9.59 Å². The molecule has 8 nitrogen and oxygen atoms in total. The van der Waals surface area contributed by atoms with E-state index >= 15 is 0 Å². The molecule has 0 bridgehead atoms. The smallest absolute Gasteiger partial charge is 0.309 e. The van der Waals surface area contributed by atoms with Gasteiger partial charge in [-0.15, -0.1) is 0 Å². The van der Waals surface area contributed by atoms with E-state index in [-0.39, 0.29) is 6.42 Å². The molecule has 4 amide bonds. The van der Waals surface area contributed by atoms with Crippen LogP contribution in [0.1, 0.15) is 6.42 Å². The molecule has 0 atom stereocenters. The van der Waals surface area contributed by atoms with Gasteiger partial charge in [-0.1, -0.05) is 0 Å². The van der Waals surface area contributed by atoms with Gasteiger partial charge in [0.25, 0.3) is 0 Å². The predicted octanol–water partition coefficient (Wildman–Crippen LogP) is -2.18. The van der Waals surface area contributed by atoms with E-state index in [1.165, 1.54) is 0 Å². The molecule has 0 unspecified atom stereocenters. The van der Waals surface area contributed by atoms with Gasteiger partial charge in [0.15, 0.2) is 0 Å². The highest BCUT2D eigenvalue weighted by molar-refractivity contribution is 5.72. The Balaban J connectivity index is -0.000000117. The Morgan fingerprint density at radius 3 is 1.00 bits per heavy atom. The molecule has 0 aromatic carbocycles. The quantitative estimate of drug-likeness (QED) is 0.288. The molecule has 0 saturated heterocycles. The SMILES string of the molecule is NC(N)=O.NC(N)=O.O=CCC=O. The Morgan fingerprint density at radius 1 is 0.846 bits per heavy atom. The third-order valence-corrected chi connectivity index (χ3v) is 0.192. The molecule has 0 aliphatic rings. The van der Waals surface area contributed by atoms with Crippen molar-refractivity contribution < 1.29 is 19.2 Å². The number of hydrogen-bond acceptors (Lipinski definition) is 4. The van der Waals surface area contributed by atoms with Crippen molar-refractivity contribution in [1.82, 2.24) is 0 Å². The van der Waals surface area contributed by atoms with Crippen molar-refractivity contribution in [3.63, 3.8) is 0 Å². The van der Waals surface area contributed by atoms with E-state index in [0.717, 1.165) is 0 Å². The average molecular weight is 192 g/mol. The topological polar surface area (TPSA) is 172 Å². The number of rotatable bonds is 2. The van der Waals surface area contributed by atoms with Crippen LogP contribution in [0.5, 0.6) is 0 Å². The lowest BCUT2D eigenvalue weighted by Gasteiger charge is -1.62. The second-order valence-corrected chi connectivity index (χ2v) is 1.37. The van der Waals surface area contributed by atoms with E-state index in [0.29, 0.717) is 12.6 Å². The van der Waals surface area contributed by atoms with E-state index in [2.05, 4.69) is 22.9 Å². The fraction of sp³-hybridized carbons (Fsp3) is 0.200. The van der Waals surface area contributed by atoms with Gasteiger partial charge in [0.05, 0.1) is 6.42 Å². The lowest BCUT2D eigenvalue weighted by Crippen LogP contribution is -2.18. The van der Waals surface area contributed by atoms with Gasteiger partial charge in [-0.2, -0.15) is 0 Å². The van der Waals surface area contributed by atoms with Gasteiger partial charge >= 0.3 is 12.1 Å². The summed E-state index contributed by atoms with van der Waals surface area (Å²) in [5, 5.41) is 0. The molecule has 0 fully saturated rings. The van der Waals surface area contributed by atoms with Crippen molar-refractivity contribution in [2.24, 2.45) is 22.9 Å². The van der Waals surface area contributed by atoms with E-state index in [9.17, 15) is 9.59 Å². The van der Waals surface area contributed by atoms with E-state index in [1.54, 1.807) is 0 Å². The zero-order valence-corrected chi connectivity index (χ0v) is 6.80. The fourth-order valence-electron chi connectivity index (χ4n) is 0.0393. The molecule has 0 rings (SSSR count). The Kier molecular flexibility index (Phi) is 21.7. The summed E-state index contributed by atoms with van der Waals surface area (Å²) >= 11 is 0. The van der Waals surface area contributed by atoms with Crippen LogP contribution in [-0.4, -0.2) is 24.6 Å². The molecule has 0 aromatic heterocycles. The van der Waals surface area contributed by atoms with Gasteiger partial charge in [0.2, 0.25) is 0 Å². The van der Waals surface area contributed by atoms with Crippen LogP contribution in [0.25, 0.3) is 0 Å². The molecule has 76 valence electrons. The van der Waals surface area contributed by atoms with Gasteiger partial charge in [-0.25, -0.2) is 9.59 Å². The second-order valence-electron chi connectivity index (χ2n) is 1.37. The molecule has 0 aliphatic carbocycles. The summed E-state index contributed by atoms with van der Waals surface area (Å²) in [6, 6.07) is -1.67. The van der Waals surface area contributed by atoms with Crippen LogP contribution >= 0.6 is 0 Å². The molecule has 0 radical (unpaired) electrons. The summed E-state index contributed by atoms with van der Waals surface area (Å²) in [7, 11) is 0. The lowest BCUT2D eigenvalue weighted by atomic mass is 10.6. The Morgan fingerprint density at radius 2 is 1.00 bits per heavy atom. The molecule has 13 heavy (non-hydrogen) atoms. The standard InChI is InChI=1S/C3H4O2.2CH4N2O/c4-2-1-3-5;2*2-1(3)4/h2-3H,1H2;2*(H4,2,3,4). The van der Waals surface area contributed by atoms with Gasteiger partial charge in [0, 0.05) is 0 Å². The second kappa shape index (κ2) is 16.5. The molecule has 8 N–H and O–H groups in total. The minimum Gasteiger partial charge on any atom is -0.352 e. The highest BCUT2D eigenvalue weighted by Gasteiger charge is 1.65. The first-order valence-corrected chi connectivity index (χ1v) is 2.85. The van der Waals surface area contributed by atoms with Gasteiger partial charge in [-0.05, 0) is 0 Å². The predicted molar refractivity (Wildman–Crippen MR) is 44.3 cm³/mol. The van der Waals surface area contributed by atoms with Crippen molar-refractivity contribution >= 4 is 24.6 Å². The number of primary amides is 4. The monoisotopic (exact) mass is 192 g/mol. The highest BCUT2D eigenvalue weighted by atomic mass is 16.2. The van der Waals surface area contributed by atoms with Crippen molar-refractivity contribution in [2.45, 2.75) is 6.42 Å². The zero-order chi connectivity index (χ0) is 11.3. The van der Waals surface area contributed by atoms with Crippen LogP contribution in [0.15, 0.2) is 0 Å². The van der Waals surface area contributed by atoms with Crippen LogP contribution in [0, 0.1) is 0 Å². The summed E-state index contributed by atoms with van der Waals surface area (Å²) in [4.78, 5) is 36.3. The van der Waals surface area contributed by atoms with E-state index in [1.807, 2.05) is 0 Å². The molecule has 8 heteroatoms. The fourth-order valence-corrected chi connectivity index (χ4v) is 0.0393. The van der Waals surface area contributed by atoms with Crippen LogP contribution in [0.3, 0.4) is 0 Å². The largest absolute Gasteiger partial charge is 0.352 e. The number of nitrogens with two attached hydrogens (primary N) is 4. The summed E-state index contributed by atoms with van der Waals surface area (Å²) in [5.74, 6) is 0. The summed E-state index contributed by atoms with van der Waals surface area (Å²) in [6.07, 6.45) is 1.15. The first-order chi connectivity index (χ1) is 5.88. The molecule has 0 aromatic rings. The van der Waals surface area contributed by atoms with E-state index < -0.39 is 12.1 Å². The van der Waals surface area contributed by atoms with Crippen molar-refractivity contribution in [3.8, 4) is 0 Å². The van der Waals surface area contributed by atoms with Crippen molar-refractivity contribution in [2.75, 3.05) is 0 Å². The molecule has 0 aliphatic heterocycles. The molecular weight excluding hydrogens is 180 g/mol. The first-order valence-electron chi connectivity index (χ1n) is 2.85.